The highest BCUT2D eigenvalue weighted by atomic mass is 35.5. The van der Waals surface area contributed by atoms with E-state index in [1.165, 1.54) is 0 Å². The molecule has 1 aromatic heterocycles. The van der Waals surface area contributed by atoms with Crippen molar-refractivity contribution in [2.45, 2.75) is 39.7 Å². The summed E-state index contributed by atoms with van der Waals surface area (Å²) >= 11 is 6.26. The highest BCUT2D eigenvalue weighted by Gasteiger charge is 2.40. The molecule has 26 heavy (non-hydrogen) atoms. The minimum atomic E-state index is -0.629. The summed E-state index contributed by atoms with van der Waals surface area (Å²) in [5, 5.41) is 19.9. The summed E-state index contributed by atoms with van der Waals surface area (Å²) in [7, 11) is 0. The Hall–Kier alpha value is -1.72. The van der Waals surface area contributed by atoms with E-state index in [0.717, 1.165) is 48.3 Å². The predicted octanol–water partition coefficient (Wildman–Crippen LogP) is 4.50. The van der Waals surface area contributed by atoms with Gasteiger partial charge in [0.2, 0.25) is 0 Å². The van der Waals surface area contributed by atoms with E-state index in [-0.39, 0.29) is 5.41 Å². The maximum Gasteiger partial charge on any atom is 0.181 e. The third-order valence-electron chi connectivity index (χ3n) is 5.75. The fourth-order valence-electron chi connectivity index (χ4n) is 4.02. The number of aliphatic hydroxyl groups is 1. The Morgan fingerprint density at radius 2 is 2.15 bits per heavy atom. The Balaban J connectivity index is 1.77. The van der Waals surface area contributed by atoms with Gasteiger partial charge in [-0.05, 0) is 49.8 Å². The summed E-state index contributed by atoms with van der Waals surface area (Å²) in [4.78, 5) is 2.19. The molecule has 5 nitrogen and oxygen atoms in total. The van der Waals surface area contributed by atoms with Gasteiger partial charge in [-0.15, -0.1) is 0 Å². The number of aromatic amines is 1. The van der Waals surface area contributed by atoms with Gasteiger partial charge >= 0.3 is 0 Å². The summed E-state index contributed by atoms with van der Waals surface area (Å²) in [5.41, 5.74) is 1.38. The van der Waals surface area contributed by atoms with Crippen LogP contribution in [-0.4, -0.2) is 39.9 Å². The van der Waals surface area contributed by atoms with Crippen molar-refractivity contribution in [3.8, 4) is 0 Å². The number of H-pyrrole nitrogens is 1. The molecule has 1 aliphatic rings. The van der Waals surface area contributed by atoms with Crippen molar-refractivity contribution in [2.75, 3.05) is 19.7 Å². The number of nitrogens with zero attached hydrogens (tertiary/aromatic N) is 2. The number of ether oxygens (including phenoxy) is 1. The summed E-state index contributed by atoms with van der Waals surface area (Å²) in [6.07, 6.45) is 3.09. The van der Waals surface area contributed by atoms with E-state index >= 15 is 0 Å². The van der Waals surface area contributed by atoms with Crippen LogP contribution < -0.4 is 0 Å². The third kappa shape index (κ3) is 3.55. The molecule has 3 rings (SSSR count). The van der Waals surface area contributed by atoms with Gasteiger partial charge in [-0.25, -0.2) is 0 Å². The maximum atomic E-state index is 11.2. The molecule has 2 N–H and O–H groups in total. The van der Waals surface area contributed by atoms with Gasteiger partial charge < -0.3 is 14.7 Å². The molecule has 1 saturated heterocycles. The van der Waals surface area contributed by atoms with Crippen LogP contribution in [0.5, 0.6) is 0 Å². The highest BCUT2D eigenvalue weighted by molar-refractivity contribution is 6.31. The van der Waals surface area contributed by atoms with Crippen molar-refractivity contribution >= 4 is 22.5 Å². The fraction of sp³-hybridized carbons (Fsp3) is 0.550. The van der Waals surface area contributed by atoms with Crippen molar-refractivity contribution in [3.63, 3.8) is 0 Å². The lowest BCUT2D eigenvalue weighted by atomic mass is 9.68. The molecule has 2 heterocycles. The van der Waals surface area contributed by atoms with Gasteiger partial charge in [0, 0.05) is 29.1 Å². The minimum Gasteiger partial charge on any atom is -0.480 e. The zero-order valence-corrected chi connectivity index (χ0v) is 16.5. The Bertz CT molecular complexity index is 778. The van der Waals surface area contributed by atoms with Gasteiger partial charge in [0.05, 0.1) is 24.4 Å². The van der Waals surface area contributed by atoms with E-state index in [4.69, 9.17) is 16.3 Å². The number of halogens is 1. The highest BCUT2D eigenvalue weighted by Crippen LogP contribution is 2.46. The molecule has 1 aromatic carbocycles. The van der Waals surface area contributed by atoms with Crippen molar-refractivity contribution in [2.24, 2.45) is 11.3 Å². The molecule has 2 aromatic rings. The Morgan fingerprint density at radius 3 is 2.81 bits per heavy atom. The molecular weight excluding hydrogens is 350 g/mol. The quantitative estimate of drug-likeness (QED) is 0.728. The van der Waals surface area contributed by atoms with Gasteiger partial charge in [0.25, 0.3) is 0 Å². The van der Waals surface area contributed by atoms with Crippen LogP contribution in [0.1, 0.15) is 45.3 Å². The number of fused-ring (bicyclic) bond motifs is 1. The van der Waals surface area contributed by atoms with E-state index < -0.39 is 6.10 Å². The first kappa shape index (κ1) is 19.1. The summed E-state index contributed by atoms with van der Waals surface area (Å²) in [6, 6.07) is 3.71. The largest absolute Gasteiger partial charge is 0.480 e. The second-order valence-corrected chi connectivity index (χ2v) is 8.08. The van der Waals surface area contributed by atoms with Crippen LogP contribution in [0, 0.1) is 11.3 Å². The molecule has 1 aliphatic heterocycles. The van der Waals surface area contributed by atoms with Crippen molar-refractivity contribution in [1.82, 2.24) is 15.1 Å². The van der Waals surface area contributed by atoms with Crippen LogP contribution in [0.4, 0.5) is 0 Å². The molecule has 1 fully saturated rings. The third-order valence-corrected chi connectivity index (χ3v) is 5.97. The molecule has 0 amide bonds. The van der Waals surface area contributed by atoms with E-state index in [1.54, 1.807) is 6.20 Å². The van der Waals surface area contributed by atoms with E-state index in [1.807, 2.05) is 19.1 Å². The van der Waals surface area contributed by atoms with Crippen LogP contribution in [-0.2, 0) is 4.74 Å². The first-order valence-corrected chi connectivity index (χ1v) is 9.59. The first-order valence-electron chi connectivity index (χ1n) is 9.21. The number of aromatic nitrogens is 2. The summed E-state index contributed by atoms with van der Waals surface area (Å²) < 4.78 is 5.53. The number of nitrogens with one attached hydrogen (secondary N) is 1. The zero-order valence-electron chi connectivity index (χ0n) is 15.8. The molecule has 142 valence electrons. The molecule has 0 bridgehead atoms. The van der Waals surface area contributed by atoms with Gasteiger partial charge in [0.15, 0.2) is 5.88 Å². The molecule has 6 heteroatoms. The maximum absolute atomic E-state index is 11.2. The standard InChI is InChI=1S/C20H28ClN3O2/c1-5-26-13(2)24-8-6-15(7-9-24)20(3,4)19(25)17-11-16(21)10-14-12-22-23-18(14)17/h10-12,15,19,25H,2,5-9H2,1,3-4H3,(H,22,23). The molecule has 1 atom stereocenters. The van der Waals surface area contributed by atoms with Crippen LogP contribution in [0.3, 0.4) is 0 Å². The Labute approximate surface area is 160 Å². The number of benzene rings is 1. The fourth-order valence-corrected chi connectivity index (χ4v) is 4.25. The minimum absolute atomic E-state index is 0.290. The average Bonchev–Trinajstić information content (AvgIpc) is 3.09. The molecule has 0 spiro atoms. The van der Waals surface area contributed by atoms with Gasteiger partial charge in [-0.1, -0.05) is 25.4 Å². The number of aliphatic hydroxyl groups excluding tert-OH is 1. The van der Waals surface area contributed by atoms with Crippen molar-refractivity contribution < 1.29 is 9.84 Å². The topological polar surface area (TPSA) is 61.4 Å². The first-order chi connectivity index (χ1) is 12.3. The zero-order chi connectivity index (χ0) is 18.9. The van der Waals surface area contributed by atoms with Crippen molar-refractivity contribution in [3.05, 3.63) is 41.4 Å². The molecular formula is C20H28ClN3O2. The van der Waals surface area contributed by atoms with Gasteiger partial charge in [-0.3, -0.25) is 5.10 Å². The van der Waals surface area contributed by atoms with Crippen LogP contribution in [0.15, 0.2) is 30.8 Å². The summed E-state index contributed by atoms with van der Waals surface area (Å²) in [5.74, 6) is 1.14. The Kier molecular flexibility index (Phi) is 5.49. The second-order valence-electron chi connectivity index (χ2n) is 7.64. The number of hydrogen-bond donors (Lipinski definition) is 2. The monoisotopic (exact) mass is 377 g/mol. The lowest BCUT2D eigenvalue weighted by molar-refractivity contribution is -0.0219. The van der Waals surface area contributed by atoms with Gasteiger partial charge in [0.1, 0.15) is 0 Å². The smallest absolute Gasteiger partial charge is 0.181 e. The number of hydrogen-bond acceptors (Lipinski definition) is 4. The van der Waals surface area contributed by atoms with Crippen LogP contribution in [0.2, 0.25) is 5.02 Å². The lowest BCUT2D eigenvalue weighted by Crippen LogP contribution is -2.41. The molecule has 0 aliphatic carbocycles. The van der Waals surface area contributed by atoms with E-state index in [0.29, 0.717) is 17.5 Å². The predicted molar refractivity (Wildman–Crippen MR) is 105 cm³/mol. The van der Waals surface area contributed by atoms with E-state index in [2.05, 4.69) is 35.5 Å². The SMILES string of the molecule is C=C(OCC)N1CCC(C(C)(C)C(O)c2cc(Cl)cc3cn[nH]c23)CC1. The number of rotatable bonds is 6. The van der Waals surface area contributed by atoms with Crippen molar-refractivity contribution in [1.29, 1.82) is 0 Å². The normalized spacial score (nSPS) is 17.5. The van der Waals surface area contributed by atoms with Gasteiger partial charge in [-0.2, -0.15) is 5.10 Å². The summed E-state index contributed by atoms with van der Waals surface area (Å²) in [6.45, 7) is 12.7. The van der Waals surface area contributed by atoms with Crippen LogP contribution in [0.25, 0.3) is 10.9 Å². The average molecular weight is 378 g/mol. The number of piperidine rings is 1. The molecule has 1 unspecified atom stereocenters. The Morgan fingerprint density at radius 1 is 1.46 bits per heavy atom. The van der Waals surface area contributed by atoms with Crippen LogP contribution >= 0.6 is 11.6 Å². The van der Waals surface area contributed by atoms with E-state index in [9.17, 15) is 5.11 Å². The molecule has 0 radical (unpaired) electrons. The lowest BCUT2D eigenvalue weighted by Gasteiger charge is -2.44. The molecule has 0 saturated carbocycles. The number of likely N-dealkylation sites (tertiary alicyclic amines) is 1. The second kappa shape index (κ2) is 7.49.